The second-order valence-corrected chi connectivity index (χ2v) is 2.31. The molecular weight excluding hydrogens is 144 g/mol. The maximum Gasteiger partial charge on any atom is 0.303 e. The first-order valence-electron chi connectivity index (χ1n) is 5.95. The van der Waals surface area contributed by atoms with Crippen molar-refractivity contribution in [3.05, 3.63) is 0 Å². The third kappa shape index (κ3) is 5.85. The van der Waals surface area contributed by atoms with E-state index in [4.69, 9.17) is 17.1 Å². The van der Waals surface area contributed by atoms with Crippen LogP contribution in [0, 0.1) is 5.92 Å². The largest absolute Gasteiger partial charge is 0.481 e. The predicted molar refractivity (Wildman–Crippen MR) is 42.4 cm³/mol. The third-order valence-corrected chi connectivity index (χ3v) is 1.37. The molecule has 0 rings (SSSR count). The van der Waals surface area contributed by atoms with Gasteiger partial charge in [-0.1, -0.05) is 13.2 Å². The number of aliphatic carboxylic acids is 1. The number of aliphatic hydroxyl groups is 1. The third-order valence-electron chi connectivity index (χ3n) is 1.37. The van der Waals surface area contributed by atoms with Crippen LogP contribution in [-0.2, 0) is 4.79 Å². The normalized spacial score (nSPS) is 22.1. The molecule has 0 aromatic carbocycles. The van der Waals surface area contributed by atoms with Gasteiger partial charge in [0.1, 0.15) is 0 Å². The first-order valence-corrected chi connectivity index (χ1v) is 3.45. The van der Waals surface area contributed by atoms with Gasteiger partial charge in [0.25, 0.3) is 0 Å². The Kier molecular flexibility index (Phi) is 2.49. The van der Waals surface area contributed by atoms with Crippen LogP contribution < -0.4 is 0 Å². The molecule has 0 spiro atoms. The zero-order valence-corrected chi connectivity index (χ0v) is 6.21. The van der Waals surface area contributed by atoms with E-state index in [0.717, 1.165) is 0 Å². The number of carboxylic acid groups (broad SMARTS) is 1. The van der Waals surface area contributed by atoms with Crippen molar-refractivity contribution in [3.8, 4) is 0 Å². The van der Waals surface area contributed by atoms with Crippen LogP contribution in [0.5, 0.6) is 0 Å². The average Bonchev–Trinajstić information content (AvgIpc) is 2.09. The van der Waals surface area contributed by atoms with Crippen LogP contribution in [0.2, 0.25) is 0 Å². The summed E-state index contributed by atoms with van der Waals surface area (Å²) in [6.45, 7) is -3.42. The number of carboxylic acids is 1. The molecule has 1 atom stereocenters. The molecule has 0 aromatic rings. The Balaban J connectivity index is 4.43. The van der Waals surface area contributed by atoms with Crippen LogP contribution in [0.3, 0.4) is 0 Å². The topological polar surface area (TPSA) is 57.5 Å². The lowest BCUT2D eigenvalue weighted by atomic mass is 10.0. The van der Waals surface area contributed by atoms with Gasteiger partial charge in [0.2, 0.25) is 0 Å². The zero-order valence-electron chi connectivity index (χ0n) is 11.2. The number of aliphatic hydroxyl groups excluding tert-OH is 1. The van der Waals surface area contributed by atoms with E-state index in [1.807, 2.05) is 0 Å². The molecule has 0 aliphatic rings. The van der Waals surface area contributed by atoms with Gasteiger partial charge in [0.15, 0.2) is 0 Å². The number of carbonyl (C=O) groups is 1. The Hall–Kier alpha value is -0.570. The molecule has 0 amide bonds. The fraction of sp³-hybridized carbons (Fsp3) is 0.875. The van der Waals surface area contributed by atoms with Crippen LogP contribution in [0.4, 0.5) is 0 Å². The van der Waals surface area contributed by atoms with Crippen LogP contribution in [0.1, 0.15) is 39.3 Å². The fourth-order valence-electron chi connectivity index (χ4n) is 0.709. The van der Waals surface area contributed by atoms with Gasteiger partial charge < -0.3 is 10.2 Å². The van der Waals surface area contributed by atoms with E-state index in [-0.39, 0.29) is 19.3 Å². The van der Waals surface area contributed by atoms with Gasteiger partial charge in [0, 0.05) is 19.9 Å². The maximum atomic E-state index is 10.2. The van der Waals surface area contributed by atoms with Crippen molar-refractivity contribution < 1.29 is 21.9 Å². The summed E-state index contributed by atoms with van der Waals surface area (Å²) < 4.78 is 35.9. The second kappa shape index (κ2) is 6.16. The molecule has 0 bridgehead atoms. The van der Waals surface area contributed by atoms with E-state index >= 15 is 0 Å². The molecule has 0 heterocycles. The molecule has 1 unspecified atom stereocenters. The minimum atomic E-state index is -2.82. The first-order chi connectivity index (χ1) is 7.13. The minimum Gasteiger partial charge on any atom is -0.481 e. The van der Waals surface area contributed by atoms with Crippen LogP contribution in [0.15, 0.2) is 0 Å². The smallest absolute Gasteiger partial charge is 0.303 e. The van der Waals surface area contributed by atoms with Crippen LogP contribution in [-0.4, -0.2) is 22.8 Å². The molecule has 3 nitrogen and oxygen atoms in total. The van der Waals surface area contributed by atoms with Gasteiger partial charge in [-0.25, -0.2) is 0 Å². The van der Waals surface area contributed by atoms with E-state index in [1.165, 1.54) is 0 Å². The molecule has 0 saturated carbocycles. The molecule has 0 saturated heterocycles. The lowest BCUT2D eigenvalue weighted by molar-refractivity contribution is -0.137. The molecule has 2 N–H and O–H groups in total. The number of hydrogen-bond donors (Lipinski definition) is 2. The summed E-state index contributed by atoms with van der Waals surface area (Å²) in [5, 5.41) is 17.3. The quantitative estimate of drug-likeness (QED) is 0.623. The fourth-order valence-corrected chi connectivity index (χ4v) is 0.709. The van der Waals surface area contributed by atoms with Gasteiger partial charge in [0.05, 0.1) is 0 Å². The van der Waals surface area contributed by atoms with E-state index in [2.05, 4.69) is 0 Å². The minimum absolute atomic E-state index is 0.0359. The molecule has 0 radical (unpaired) electrons. The van der Waals surface area contributed by atoms with Crippen molar-refractivity contribution in [2.75, 3.05) is 6.61 Å². The van der Waals surface area contributed by atoms with E-state index in [1.54, 1.807) is 0 Å². The van der Waals surface area contributed by atoms with Gasteiger partial charge in [-0.3, -0.25) is 4.79 Å². The summed E-state index contributed by atoms with van der Waals surface area (Å²) in [4.78, 5) is 10.2. The molecule has 0 aliphatic carbocycles. The van der Waals surface area contributed by atoms with Crippen LogP contribution in [0.25, 0.3) is 0 Å². The molecule has 3 heteroatoms. The van der Waals surface area contributed by atoms with Gasteiger partial charge in [-0.05, 0) is 18.8 Å². The average molecular weight is 165 g/mol. The monoisotopic (exact) mass is 165 g/mol. The predicted octanol–water partition coefficient (Wildman–Crippen LogP) is 1.26. The molecule has 0 fully saturated rings. The van der Waals surface area contributed by atoms with E-state index in [9.17, 15) is 4.79 Å². The first kappa shape index (κ1) is 4.45. The molecule has 0 aromatic heterocycles. The summed E-state index contributed by atoms with van der Waals surface area (Å²) in [7, 11) is 0. The summed E-state index contributed by atoms with van der Waals surface area (Å²) in [6.07, 6.45) is -2.47. The Morgan fingerprint density at radius 1 is 1.82 bits per heavy atom. The molecule has 11 heavy (non-hydrogen) atoms. The summed E-state index contributed by atoms with van der Waals surface area (Å²) in [6, 6.07) is 0. The number of rotatable bonds is 6. The van der Waals surface area contributed by atoms with Gasteiger partial charge in [-0.15, -0.1) is 0 Å². The second-order valence-electron chi connectivity index (χ2n) is 2.31. The van der Waals surface area contributed by atoms with Crippen molar-refractivity contribution in [1.29, 1.82) is 0 Å². The Morgan fingerprint density at radius 3 is 3.00 bits per heavy atom. The number of hydrogen-bond acceptors (Lipinski definition) is 2. The Bertz CT molecular complexity index is 238. The lowest BCUT2D eigenvalue weighted by Crippen LogP contribution is -2.05. The van der Waals surface area contributed by atoms with Gasteiger partial charge >= 0.3 is 5.97 Å². The highest BCUT2D eigenvalue weighted by molar-refractivity contribution is 5.66. The maximum absolute atomic E-state index is 10.2. The van der Waals surface area contributed by atoms with E-state index < -0.39 is 31.7 Å². The van der Waals surface area contributed by atoms with Crippen molar-refractivity contribution in [3.63, 3.8) is 0 Å². The highest BCUT2D eigenvalue weighted by Crippen LogP contribution is 2.10. The van der Waals surface area contributed by atoms with Crippen molar-refractivity contribution >= 4 is 5.97 Å². The molecule has 0 aliphatic heterocycles. The van der Waals surface area contributed by atoms with Gasteiger partial charge in [-0.2, -0.15) is 0 Å². The molecule has 66 valence electrons. The Morgan fingerprint density at radius 2 is 2.55 bits per heavy atom. The lowest BCUT2D eigenvalue weighted by Gasteiger charge is -2.08. The molecular formula is C8H16O3. The van der Waals surface area contributed by atoms with Crippen molar-refractivity contribution in [2.24, 2.45) is 5.92 Å². The summed E-state index contributed by atoms with van der Waals surface area (Å²) >= 11 is 0. The Labute approximate surface area is 74.1 Å². The zero-order chi connectivity index (χ0) is 13.0. The van der Waals surface area contributed by atoms with Crippen molar-refractivity contribution in [2.45, 2.75) is 32.5 Å². The SMILES string of the molecule is [2H]C([2H])([2H])C([2H])([2H])C(CO)CCCC(=O)O. The van der Waals surface area contributed by atoms with Crippen molar-refractivity contribution in [1.82, 2.24) is 0 Å². The highest BCUT2D eigenvalue weighted by atomic mass is 16.4. The summed E-state index contributed by atoms with van der Waals surface area (Å²) in [5.41, 5.74) is 0. The van der Waals surface area contributed by atoms with E-state index in [0.29, 0.717) is 0 Å². The summed E-state index contributed by atoms with van der Waals surface area (Å²) in [5.74, 6) is -2.09. The van der Waals surface area contributed by atoms with Crippen LogP contribution >= 0.6 is 0 Å². The standard InChI is InChI=1S/C8H16O3/c1-2-7(6-9)4-3-5-8(10)11/h7,9H,2-6H2,1H3,(H,10,11)/i1D3,2D2. The highest BCUT2D eigenvalue weighted by Gasteiger charge is 2.05.